The molecule has 1 amide bonds. The molecule has 1 fully saturated rings. The lowest BCUT2D eigenvalue weighted by atomic mass is 9.97. The van der Waals surface area contributed by atoms with E-state index in [4.69, 9.17) is 0 Å². The van der Waals surface area contributed by atoms with Gasteiger partial charge in [-0.05, 0) is 51.1 Å². The van der Waals surface area contributed by atoms with Crippen LogP contribution in [0.25, 0.3) is 0 Å². The predicted molar refractivity (Wildman–Crippen MR) is 103 cm³/mol. The van der Waals surface area contributed by atoms with E-state index in [0.717, 1.165) is 35.9 Å². The third-order valence-electron chi connectivity index (χ3n) is 4.10. The van der Waals surface area contributed by atoms with Crippen LogP contribution < -0.4 is 16.0 Å². The molecule has 142 valence electrons. The molecular formula is C16H27ClN4O3S. The van der Waals surface area contributed by atoms with Gasteiger partial charge in [0.2, 0.25) is 15.9 Å². The second-order valence-electron chi connectivity index (χ2n) is 6.04. The van der Waals surface area contributed by atoms with Gasteiger partial charge in [-0.25, -0.2) is 12.7 Å². The summed E-state index contributed by atoms with van der Waals surface area (Å²) < 4.78 is 25.8. The summed E-state index contributed by atoms with van der Waals surface area (Å²) in [5, 5.41) is 9.29. The van der Waals surface area contributed by atoms with E-state index in [1.54, 1.807) is 12.1 Å². The highest BCUT2D eigenvalue weighted by Gasteiger charge is 2.23. The van der Waals surface area contributed by atoms with Crippen LogP contribution in [0.4, 0.5) is 11.4 Å². The minimum absolute atomic E-state index is 0. The fourth-order valence-electron chi connectivity index (χ4n) is 2.66. The molecule has 25 heavy (non-hydrogen) atoms. The standard InChI is InChI=1S/C16H26N4O3S.ClH/c1-4-18-14-6-5-13(24(22,23)20(2)3)11-15(14)19-16(21)12-7-9-17-10-8-12;/h5-6,11-12,17-18H,4,7-10H2,1-3H3,(H,19,21);1H. The molecule has 0 saturated carbocycles. The minimum atomic E-state index is -3.55. The first kappa shape index (κ1) is 21.7. The summed E-state index contributed by atoms with van der Waals surface area (Å²) in [5.74, 6) is -0.107. The summed E-state index contributed by atoms with van der Waals surface area (Å²) >= 11 is 0. The van der Waals surface area contributed by atoms with Gasteiger partial charge < -0.3 is 16.0 Å². The van der Waals surface area contributed by atoms with Gasteiger partial charge in [0.05, 0.1) is 16.3 Å². The van der Waals surface area contributed by atoms with Gasteiger partial charge in [0.15, 0.2) is 0 Å². The van der Waals surface area contributed by atoms with Crippen molar-refractivity contribution in [1.29, 1.82) is 0 Å². The van der Waals surface area contributed by atoms with Gasteiger partial charge in [0.1, 0.15) is 0 Å². The molecule has 0 radical (unpaired) electrons. The van der Waals surface area contributed by atoms with Gasteiger partial charge >= 0.3 is 0 Å². The van der Waals surface area contributed by atoms with Gasteiger partial charge in [0.25, 0.3) is 0 Å². The maximum atomic E-state index is 12.5. The van der Waals surface area contributed by atoms with E-state index < -0.39 is 10.0 Å². The molecule has 1 aromatic rings. The van der Waals surface area contributed by atoms with Crippen molar-refractivity contribution < 1.29 is 13.2 Å². The summed E-state index contributed by atoms with van der Waals surface area (Å²) in [4.78, 5) is 12.7. The zero-order valence-electron chi connectivity index (χ0n) is 14.8. The Hall–Kier alpha value is -1.35. The number of carbonyl (C=O) groups is 1. The van der Waals surface area contributed by atoms with E-state index in [1.165, 1.54) is 20.2 Å². The molecule has 7 nitrogen and oxygen atoms in total. The molecule has 0 spiro atoms. The zero-order valence-corrected chi connectivity index (χ0v) is 16.5. The van der Waals surface area contributed by atoms with Crippen molar-refractivity contribution >= 4 is 39.7 Å². The van der Waals surface area contributed by atoms with E-state index in [2.05, 4.69) is 16.0 Å². The summed E-state index contributed by atoms with van der Waals surface area (Å²) in [6.07, 6.45) is 1.58. The zero-order chi connectivity index (χ0) is 17.7. The number of amides is 1. The van der Waals surface area contributed by atoms with Crippen LogP contribution in [-0.4, -0.2) is 52.4 Å². The predicted octanol–water partition coefficient (Wildman–Crippen LogP) is 1.73. The van der Waals surface area contributed by atoms with Crippen molar-refractivity contribution in [2.45, 2.75) is 24.7 Å². The van der Waals surface area contributed by atoms with Crippen molar-refractivity contribution in [1.82, 2.24) is 9.62 Å². The lowest BCUT2D eigenvalue weighted by molar-refractivity contribution is -0.120. The lowest BCUT2D eigenvalue weighted by Crippen LogP contribution is -2.34. The maximum absolute atomic E-state index is 12.5. The molecule has 3 N–H and O–H groups in total. The Morgan fingerprint density at radius 1 is 1.24 bits per heavy atom. The van der Waals surface area contributed by atoms with Crippen molar-refractivity contribution in [3.8, 4) is 0 Å². The number of halogens is 1. The van der Waals surface area contributed by atoms with E-state index in [0.29, 0.717) is 12.2 Å². The van der Waals surface area contributed by atoms with E-state index in [9.17, 15) is 13.2 Å². The summed E-state index contributed by atoms with van der Waals surface area (Å²) in [6.45, 7) is 4.28. The number of hydrogen-bond acceptors (Lipinski definition) is 5. The maximum Gasteiger partial charge on any atom is 0.242 e. The average molecular weight is 391 g/mol. The van der Waals surface area contributed by atoms with Crippen molar-refractivity contribution in [3.05, 3.63) is 18.2 Å². The van der Waals surface area contributed by atoms with Crippen LogP contribution in [0.1, 0.15) is 19.8 Å². The van der Waals surface area contributed by atoms with E-state index >= 15 is 0 Å². The molecule has 1 aliphatic rings. The van der Waals surface area contributed by atoms with Crippen LogP contribution in [0, 0.1) is 5.92 Å². The van der Waals surface area contributed by atoms with Gasteiger partial charge in [-0.2, -0.15) is 0 Å². The Kier molecular flexibility index (Phi) is 8.14. The van der Waals surface area contributed by atoms with Crippen LogP contribution in [0.2, 0.25) is 0 Å². The van der Waals surface area contributed by atoms with Crippen LogP contribution in [0.3, 0.4) is 0 Å². The third kappa shape index (κ3) is 5.31. The van der Waals surface area contributed by atoms with Crippen molar-refractivity contribution in [2.75, 3.05) is 44.4 Å². The molecule has 1 aliphatic heterocycles. The van der Waals surface area contributed by atoms with Gasteiger partial charge in [-0.3, -0.25) is 4.79 Å². The smallest absolute Gasteiger partial charge is 0.242 e. The Bertz CT molecular complexity index is 689. The molecule has 0 aromatic heterocycles. The van der Waals surface area contributed by atoms with Gasteiger partial charge in [-0.15, -0.1) is 12.4 Å². The number of anilines is 2. The summed E-state index contributed by atoms with van der Waals surface area (Å²) in [6, 6.07) is 4.76. The molecule has 0 aliphatic carbocycles. The first-order chi connectivity index (χ1) is 11.4. The van der Waals surface area contributed by atoms with E-state index in [-0.39, 0.29) is 29.1 Å². The number of carbonyl (C=O) groups excluding carboxylic acids is 1. The van der Waals surface area contributed by atoms with Crippen LogP contribution in [0.15, 0.2) is 23.1 Å². The van der Waals surface area contributed by atoms with Crippen LogP contribution >= 0.6 is 12.4 Å². The molecule has 9 heteroatoms. The number of rotatable bonds is 6. The number of nitrogens with zero attached hydrogens (tertiary/aromatic N) is 1. The largest absolute Gasteiger partial charge is 0.384 e. The highest BCUT2D eigenvalue weighted by molar-refractivity contribution is 7.89. The number of piperidine rings is 1. The molecule has 1 heterocycles. The Balaban J connectivity index is 0.00000312. The van der Waals surface area contributed by atoms with Crippen LogP contribution in [-0.2, 0) is 14.8 Å². The molecule has 2 rings (SSSR count). The second-order valence-corrected chi connectivity index (χ2v) is 8.19. The second kappa shape index (κ2) is 9.38. The molecule has 0 bridgehead atoms. The Morgan fingerprint density at radius 2 is 1.88 bits per heavy atom. The summed E-state index contributed by atoms with van der Waals surface area (Å²) in [7, 11) is -0.574. The number of nitrogens with one attached hydrogen (secondary N) is 3. The molecule has 1 aromatic carbocycles. The first-order valence-corrected chi connectivity index (χ1v) is 9.62. The summed E-state index contributed by atoms with van der Waals surface area (Å²) in [5.41, 5.74) is 1.22. The molecule has 0 unspecified atom stereocenters. The fourth-order valence-corrected chi connectivity index (χ4v) is 3.59. The monoisotopic (exact) mass is 390 g/mol. The highest BCUT2D eigenvalue weighted by Crippen LogP contribution is 2.28. The number of sulfonamides is 1. The van der Waals surface area contributed by atoms with Crippen molar-refractivity contribution in [2.24, 2.45) is 5.92 Å². The minimum Gasteiger partial charge on any atom is -0.384 e. The fraction of sp³-hybridized carbons (Fsp3) is 0.562. The first-order valence-electron chi connectivity index (χ1n) is 8.18. The van der Waals surface area contributed by atoms with Crippen LogP contribution in [0.5, 0.6) is 0 Å². The molecule has 1 saturated heterocycles. The normalized spacial score (nSPS) is 15.5. The quantitative estimate of drug-likeness (QED) is 0.688. The van der Waals surface area contributed by atoms with Gasteiger partial charge in [-0.1, -0.05) is 0 Å². The topological polar surface area (TPSA) is 90.5 Å². The van der Waals surface area contributed by atoms with E-state index in [1.807, 2.05) is 6.92 Å². The van der Waals surface area contributed by atoms with Gasteiger partial charge in [0, 0.05) is 26.6 Å². The average Bonchev–Trinajstić information content (AvgIpc) is 2.57. The highest BCUT2D eigenvalue weighted by atomic mass is 35.5. The number of benzene rings is 1. The number of hydrogen-bond donors (Lipinski definition) is 3. The Morgan fingerprint density at radius 3 is 2.44 bits per heavy atom. The SMILES string of the molecule is CCNc1ccc(S(=O)(=O)N(C)C)cc1NC(=O)C1CCNCC1.Cl. The molecule has 0 atom stereocenters. The van der Waals surface area contributed by atoms with Crippen molar-refractivity contribution in [3.63, 3.8) is 0 Å². The third-order valence-corrected chi connectivity index (χ3v) is 5.92. The Labute approximate surface area is 156 Å². The lowest BCUT2D eigenvalue weighted by Gasteiger charge is -2.23. The molecular weight excluding hydrogens is 364 g/mol.